The van der Waals surface area contributed by atoms with Crippen molar-refractivity contribution in [2.75, 3.05) is 20.1 Å². The van der Waals surface area contributed by atoms with E-state index in [-0.39, 0.29) is 29.8 Å². The first kappa shape index (κ1) is 21.2. The minimum atomic E-state index is -0.823. The van der Waals surface area contributed by atoms with Gasteiger partial charge in [0.05, 0.1) is 11.2 Å². The summed E-state index contributed by atoms with van der Waals surface area (Å²) in [6.07, 6.45) is 0.924. The van der Waals surface area contributed by atoms with Gasteiger partial charge in [0, 0.05) is 30.7 Å². The zero-order valence-electron chi connectivity index (χ0n) is 16.0. The summed E-state index contributed by atoms with van der Waals surface area (Å²) in [7, 11) is 0.967. The Balaban J connectivity index is 0.00000243. The number of hydrogen-bond acceptors (Lipinski definition) is 4. The van der Waals surface area contributed by atoms with E-state index in [4.69, 9.17) is 9.31 Å². The van der Waals surface area contributed by atoms with Gasteiger partial charge in [-0.3, -0.25) is 4.79 Å². The minimum absolute atomic E-state index is 0. The Kier molecular flexibility index (Phi) is 6.08. The van der Waals surface area contributed by atoms with E-state index in [0.29, 0.717) is 5.56 Å². The van der Waals surface area contributed by atoms with E-state index in [1.165, 1.54) is 12.1 Å². The quantitative estimate of drug-likeness (QED) is 0.810. The zero-order valence-corrected chi connectivity index (χ0v) is 16.8. The molecule has 144 valence electrons. The zero-order chi connectivity index (χ0) is 18.4. The van der Waals surface area contributed by atoms with Crippen LogP contribution in [0.3, 0.4) is 0 Å². The van der Waals surface area contributed by atoms with Gasteiger partial charge in [-0.2, -0.15) is 0 Å². The molecule has 0 radical (unpaired) electrons. The van der Waals surface area contributed by atoms with Crippen LogP contribution >= 0.6 is 12.4 Å². The fraction of sp³-hybridized carbons (Fsp3) is 0.611. The average molecular weight is 385 g/mol. The molecule has 2 heterocycles. The lowest BCUT2D eigenvalue weighted by Crippen LogP contribution is -2.41. The van der Waals surface area contributed by atoms with Gasteiger partial charge in [-0.15, -0.1) is 12.4 Å². The van der Waals surface area contributed by atoms with Crippen molar-refractivity contribution in [2.45, 2.75) is 51.4 Å². The summed E-state index contributed by atoms with van der Waals surface area (Å²) >= 11 is 0. The fourth-order valence-electron chi connectivity index (χ4n) is 3.17. The molecule has 1 aromatic carbocycles. The predicted molar refractivity (Wildman–Crippen MR) is 103 cm³/mol. The number of nitrogens with one attached hydrogen (secondary N) is 1. The van der Waals surface area contributed by atoms with E-state index in [1.807, 2.05) is 27.7 Å². The van der Waals surface area contributed by atoms with Crippen LogP contribution in [-0.2, 0) is 9.31 Å². The van der Waals surface area contributed by atoms with Crippen LogP contribution in [0.25, 0.3) is 0 Å². The fourth-order valence-corrected chi connectivity index (χ4v) is 3.17. The molecule has 1 N–H and O–H groups in total. The molecule has 0 aromatic heterocycles. The van der Waals surface area contributed by atoms with E-state index in [0.717, 1.165) is 19.5 Å². The second-order valence-corrected chi connectivity index (χ2v) is 7.89. The molecule has 1 aromatic rings. The number of likely N-dealkylation sites (N-methyl/N-ethyl adjacent to an activating group) is 1. The van der Waals surface area contributed by atoms with Crippen molar-refractivity contribution in [1.82, 2.24) is 10.2 Å². The van der Waals surface area contributed by atoms with Crippen LogP contribution in [-0.4, -0.2) is 55.3 Å². The lowest BCUT2D eigenvalue weighted by molar-refractivity contribution is 0.00578. The summed E-state index contributed by atoms with van der Waals surface area (Å²) in [5.74, 6) is -0.549. The largest absolute Gasteiger partial charge is 0.497 e. The van der Waals surface area contributed by atoms with Gasteiger partial charge >= 0.3 is 7.12 Å². The molecule has 0 saturated carbocycles. The maximum atomic E-state index is 14.4. The second-order valence-electron chi connectivity index (χ2n) is 7.89. The Morgan fingerprint density at radius 3 is 2.42 bits per heavy atom. The molecule has 3 rings (SSSR count). The van der Waals surface area contributed by atoms with E-state index in [2.05, 4.69) is 5.32 Å². The number of hydrogen-bond donors (Lipinski definition) is 1. The van der Waals surface area contributed by atoms with Gasteiger partial charge in [-0.05, 0) is 58.9 Å². The minimum Gasteiger partial charge on any atom is -0.399 e. The van der Waals surface area contributed by atoms with Crippen molar-refractivity contribution in [2.24, 2.45) is 0 Å². The summed E-state index contributed by atoms with van der Waals surface area (Å²) < 4.78 is 26.3. The van der Waals surface area contributed by atoms with Gasteiger partial charge in [0.2, 0.25) is 0 Å². The van der Waals surface area contributed by atoms with Crippen LogP contribution in [0, 0.1) is 5.82 Å². The summed E-state index contributed by atoms with van der Waals surface area (Å²) in [5.41, 5.74) is -0.407. The third-order valence-electron chi connectivity index (χ3n) is 5.65. The Labute approximate surface area is 161 Å². The molecule has 0 aliphatic carbocycles. The van der Waals surface area contributed by atoms with Crippen molar-refractivity contribution in [1.29, 1.82) is 0 Å². The SMILES string of the molecule is CN(C(=O)c1ccc(F)c(B2OC(C)(C)C(C)(C)O2)c1)C1CCNC1.Cl. The van der Waals surface area contributed by atoms with Crippen molar-refractivity contribution in [3.63, 3.8) is 0 Å². The summed E-state index contributed by atoms with van der Waals surface area (Å²) in [6.45, 7) is 9.36. The molecular weight excluding hydrogens is 357 g/mol. The van der Waals surface area contributed by atoms with Crippen molar-refractivity contribution < 1.29 is 18.5 Å². The third kappa shape index (κ3) is 3.76. The first-order valence-electron chi connectivity index (χ1n) is 8.75. The van der Waals surface area contributed by atoms with Gasteiger partial charge in [-0.1, -0.05) is 0 Å². The molecule has 2 fully saturated rings. The highest BCUT2D eigenvalue weighted by Gasteiger charge is 2.52. The van der Waals surface area contributed by atoms with Crippen molar-refractivity contribution >= 4 is 30.9 Å². The highest BCUT2D eigenvalue weighted by atomic mass is 35.5. The number of nitrogens with zero attached hydrogens (tertiary/aromatic N) is 1. The van der Waals surface area contributed by atoms with E-state index < -0.39 is 24.1 Å². The van der Waals surface area contributed by atoms with E-state index in [9.17, 15) is 9.18 Å². The molecule has 2 aliphatic heterocycles. The molecule has 26 heavy (non-hydrogen) atoms. The number of amides is 1. The summed E-state index contributed by atoms with van der Waals surface area (Å²) in [4.78, 5) is 14.5. The predicted octanol–water partition coefficient (Wildman–Crippen LogP) is 1.98. The number of carbonyl (C=O) groups is 1. The van der Waals surface area contributed by atoms with Gasteiger partial charge in [-0.25, -0.2) is 4.39 Å². The van der Waals surface area contributed by atoms with Crippen molar-refractivity contribution in [3.05, 3.63) is 29.6 Å². The standard InChI is InChI=1S/C18H26BFN2O3.ClH/c1-17(2)18(3,4)25-19(24-17)14-10-12(6-7-15(14)20)16(23)22(5)13-8-9-21-11-13;/h6-7,10,13,21H,8-9,11H2,1-5H3;1H. The first-order chi connectivity index (χ1) is 11.6. The monoisotopic (exact) mass is 384 g/mol. The number of carbonyl (C=O) groups excluding carboxylic acids is 1. The van der Waals surface area contributed by atoms with Crippen LogP contribution < -0.4 is 10.8 Å². The van der Waals surface area contributed by atoms with Gasteiger partial charge in [0.15, 0.2) is 0 Å². The Bertz CT molecular complexity index is 664. The van der Waals surface area contributed by atoms with Gasteiger partial charge < -0.3 is 19.5 Å². The van der Waals surface area contributed by atoms with E-state index >= 15 is 0 Å². The highest BCUT2D eigenvalue weighted by molar-refractivity contribution is 6.62. The molecule has 0 bridgehead atoms. The maximum absolute atomic E-state index is 14.4. The average Bonchev–Trinajstić information content (AvgIpc) is 3.13. The van der Waals surface area contributed by atoms with Crippen LogP contribution in [0.15, 0.2) is 18.2 Å². The highest BCUT2D eigenvalue weighted by Crippen LogP contribution is 2.36. The molecule has 2 saturated heterocycles. The number of halogens is 2. The molecule has 1 unspecified atom stereocenters. The van der Waals surface area contributed by atoms with Crippen LogP contribution in [0.5, 0.6) is 0 Å². The molecular formula is C18H27BClFN2O3. The number of benzene rings is 1. The van der Waals surface area contributed by atoms with Crippen LogP contribution in [0.4, 0.5) is 4.39 Å². The first-order valence-corrected chi connectivity index (χ1v) is 8.75. The van der Waals surface area contributed by atoms with Crippen LogP contribution in [0.1, 0.15) is 44.5 Å². The summed E-state index contributed by atoms with van der Waals surface area (Å²) in [6, 6.07) is 4.55. The Morgan fingerprint density at radius 1 is 1.27 bits per heavy atom. The van der Waals surface area contributed by atoms with Gasteiger partial charge in [0.25, 0.3) is 5.91 Å². The number of rotatable bonds is 3. The smallest absolute Gasteiger partial charge is 0.399 e. The van der Waals surface area contributed by atoms with Gasteiger partial charge in [0.1, 0.15) is 5.82 Å². The lowest BCUT2D eigenvalue weighted by atomic mass is 9.78. The molecule has 8 heteroatoms. The summed E-state index contributed by atoms with van der Waals surface area (Å²) in [5, 5.41) is 3.25. The van der Waals surface area contributed by atoms with E-state index in [1.54, 1.807) is 18.0 Å². The topological polar surface area (TPSA) is 50.8 Å². The lowest BCUT2D eigenvalue weighted by Gasteiger charge is -2.32. The molecule has 5 nitrogen and oxygen atoms in total. The Morgan fingerprint density at radius 2 is 1.88 bits per heavy atom. The normalized spacial score (nSPS) is 23.6. The third-order valence-corrected chi connectivity index (χ3v) is 5.65. The molecule has 2 aliphatic rings. The maximum Gasteiger partial charge on any atom is 0.497 e. The van der Waals surface area contributed by atoms with Crippen molar-refractivity contribution in [3.8, 4) is 0 Å². The van der Waals surface area contributed by atoms with Crippen LogP contribution in [0.2, 0.25) is 0 Å². The molecule has 1 atom stereocenters. The molecule has 0 spiro atoms. The second kappa shape index (κ2) is 7.47. The molecule has 1 amide bonds. The Hall–Kier alpha value is -1.15.